The highest BCUT2D eigenvalue weighted by molar-refractivity contribution is 5.99. The van der Waals surface area contributed by atoms with Crippen LogP contribution >= 0.6 is 12.4 Å². The van der Waals surface area contributed by atoms with Crippen molar-refractivity contribution in [2.24, 2.45) is 0 Å². The van der Waals surface area contributed by atoms with Crippen LogP contribution in [0, 0.1) is 0 Å². The molecule has 0 aliphatic heterocycles. The van der Waals surface area contributed by atoms with Crippen LogP contribution < -0.4 is 10.1 Å². The van der Waals surface area contributed by atoms with Crippen molar-refractivity contribution in [3.05, 3.63) is 101 Å². The van der Waals surface area contributed by atoms with E-state index in [9.17, 15) is 23.1 Å². The van der Waals surface area contributed by atoms with Gasteiger partial charge in [0.25, 0.3) is 0 Å². The summed E-state index contributed by atoms with van der Waals surface area (Å²) in [6.45, 7) is 4.06. The zero-order valence-electron chi connectivity index (χ0n) is 20.5. The van der Waals surface area contributed by atoms with Crippen LogP contribution in [0.4, 0.5) is 13.2 Å². The van der Waals surface area contributed by atoms with Crippen LogP contribution in [0.5, 0.6) is 5.75 Å². The third-order valence-electron chi connectivity index (χ3n) is 6.34. The zero-order chi connectivity index (χ0) is 26.0. The first-order chi connectivity index (χ1) is 17.1. The monoisotopic (exact) mass is 529 g/mol. The molecule has 0 heterocycles. The summed E-state index contributed by atoms with van der Waals surface area (Å²) in [4.78, 5) is 11.7. The lowest BCUT2D eigenvalue weighted by molar-refractivity contribution is -0.138. The van der Waals surface area contributed by atoms with Crippen LogP contribution in [-0.2, 0) is 6.18 Å². The Morgan fingerprint density at radius 3 is 2.27 bits per heavy atom. The van der Waals surface area contributed by atoms with E-state index in [1.807, 2.05) is 74.5 Å². The Hall–Kier alpha value is -3.55. The minimum Gasteiger partial charge on any atom is -0.497 e. The van der Waals surface area contributed by atoms with Crippen LogP contribution in [0.3, 0.4) is 0 Å². The maximum atomic E-state index is 13.4. The van der Waals surface area contributed by atoms with Gasteiger partial charge in [0.15, 0.2) is 0 Å². The number of nitrogens with one attached hydrogen (secondary N) is 1. The van der Waals surface area contributed by atoms with E-state index in [-0.39, 0.29) is 24.5 Å². The number of alkyl halides is 3. The van der Waals surface area contributed by atoms with E-state index in [1.165, 1.54) is 6.07 Å². The van der Waals surface area contributed by atoms with E-state index in [2.05, 4.69) is 5.32 Å². The van der Waals surface area contributed by atoms with E-state index in [0.29, 0.717) is 11.1 Å². The number of fused-ring (bicyclic) bond motifs is 1. The average molecular weight is 530 g/mol. The van der Waals surface area contributed by atoms with Crippen molar-refractivity contribution in [1.82, 2.24) is 5.32 Å². The molecule has 0 saturated heterocycles. The molecule has 0 aliphatic rings. The predicted octanol–water partition coefficient (Wildman–Crippen LogP) is 8.07. The Labute approximate surface area is 219 Å². The fourth-order valence-corrected chi connectivity index (χ4v) is 4.44. The van der Waals surface area contributed by atoms with Crippen molar-refractivity contribution in [3.63, 3.8) is 0 Å². The molecule has 194 valence electrons. The topological polar surface area (TPSA) is 58.6 Å². The number of hydrogen-bond acceptors (Lipinski definition) is 3. The molecular weight excluding hydrogens is 503 g/mol. The third kappa shape index (κ3) is 6.06. The molecule has 0 spiro atoms. The average Bonchev–Trinajstić information content (AvgIpc) is 2.87. The number of methoxy groups -OCH3 is 1. The highest BCUT2D eigenvalue weighted by atomic mass is 35.5. The molecule has 8 heteroatoms. The van der Waals surface area contributed by atoms with E-state index in [0.717, 1.165) is 39.8 Å². The lowest BCUT2D eigenvalue weighted by Crippen LogP contribution is -2.22. The van der Waals surface area contributed by atoms with Gasteiger partial charge in [-0.2, -0.15) is 13.2 Å². The van der Waals surface area contributed by atoms with Gasteiger partial charge in [-0.05, 0) is 83.3 Å². The van der Waals surface area contributed by atoms with E-state index in [1.54, 1.807) is 7.11 Å². The van der Waals surface area contributed by atoms with Crippen molar-refractivity contribution in [2.45, 2.75) is 32.1 Å². The standard InChI is InChI=1S/C29H26F3NO3.ClH/c1-17(19-8-6-9-23(14-19)36-3)33-18(2)22-13-20-7-4-5-10-24(20)25(16-22)21-11-12-27(29(30,31)32)26(15-21)28(34)35;/h4-18,33H,1-3H3,(H,34,35);1H/t17-,18?;/m1./s1. The summed E-state index contributed by atoms with van der Waals surface area (Å²) >= 11 is 0. The molecular formula is C29H27ClF3NO3. The van der Waals surface area contributed by atoms with Gasteiger partial charge < -0.3 is 15.2 Å². The number of aromatic carboxylic acids is 1. The summed E-state index contributed by atoms with van der Waals surface area (Å²) in [6.07, 6.45) is -4.76. The summed E-state index contributed by atoms with van der Waals surface area (Å²) in [5.41, 5.74) is 1.12. The number of benzene rings is 4. The van der Waals surface area contributed by atoms with Gasteiger partial charge in [0.1, 0.15) is 5.75 Å². The highest BCUT2D eigenvalue weighted by Crippen LogP contribution is 2.37. The molecule has 2 N–H and O–H groups in total. The summed E-state index contributed by atoms with van der Waals surface area (Å²) in [6, 6.07) is 22.4. The Bertz CT molecular complexity index is 1420. The molecule has 4 nitrogen and oxygen atoms in total. The second-order valence-electron chi connectivity index (χ2n) is 8.74. The van der Waals surface area contributed by atoms with Crippen molar-refractivity contribution >= 4 is 29.1 Å². The van der Waals surface area contributed by atoms with Gasteiger partial charge in [0, 0.05) is 12.1 Å². The SMILES string of the molecule is COc1cccc([C@@H](C)NC(C)c2cc(-c3ccc(C(F)(F)F)c(C(=O)O)c3)c3ccccc3c2)c1.Cl. The summed E-state index contributed by atoms with van der Waals surface area (Å²) in [5, 5.41) is 14.8. The summed E-state index contributed by atoms with van der Waals surface area (Å²) in [7, 11) is 1.62. The molecule has 4 aromatic carbocycles. The molecule has 4 rings (SSSR count). The Morgan fingerprint density at radius 2 is 1.59 bits per heavy atom. The Balaban J connectivity index is 0.00000380. The van der Waals surface area contributed by atoms with Gasteiger partial charge in [-0.25, -0.2) is 4.79 Å². The molecule has 0 amide bonds. The van der Waals surface area contributed by atoms with E-state index < -0.39 is 23.3 Å². The fourth-order valence-electron chi connectivity index (χ4n) is 4.44. The first kappa shape index (κ1) is 28.0. The van der Waals surface area contributed by atoms with Gasteiger partial charge in [-0.15, -0.1) is 12.4 Å². The minimum absolute atomic E-state index is 0. The molecule has 0 bridgehead atoms. The number of halogens is 4. The number of rotatable bonds is 7. The number of carboxylic acids is 1. The van der Waals surface area contributed by atoms with E-state index >= 15 is 0 Å². The largest absolute Gasteiger partial charge is 0.497 e. The van der Waals surface area contributed by atoms with Crippen LogP contribution in [0.2, 0.25) is 0 Å². The molecule has 1 unspecified atom stereocenters. The van der Waals surface area contributed by atoms with Crippen molar-refractivity contribution in [3.8, 4) is 16.9 Å². The van der Waals surface area contributed by atoms with Crippen molar-refractivity contribution in [2.75, 3.05) is 7.11 Å². The van der Waals surface area contributed by atoms with Crippen LogP contribution in [0.25, 0.3) is 21.9 Å². The fraction of sp³-hybridized carbons (Fsp3) is 0.207. The molecule has 4 aromatic rings. The van der Waals surface area contributed by atoms with Crippen LogP contribution in [-0.4, -0.2) is 18.2 Å². The normalized spacial score (nSPS) is 13.0. The van der Waals surface area contributed by atoms with Gasteiger partial charge >= 0.3 is 12.1 Å². The first-order valence-corrected chi connectivity index (χ1v) is 11.5. The quantitative estimate of drug-likeness (QED) is 0.254. The molecule has 37 heavy (non-hydrogen) atoms. The molecule has 0 aromatic heterocycles. The number of hydrogen-bond donors (Lipinski definition) is 2. The molecule has 2 atom stereocenters. The predicted molar refractivity (Wildman–Crippen MR) is 142 cm³/mol. The Kier molecular flexibility index (Phi) is 8.51. The number of ether oxygens (including phenoxy) is 1. The minimum atomic E-state index is -4.76. The van der Waals surface area contributed by atoms with Gasteiger partial charge in [0.2, 0.25) is 0 Å². The lowest BCUT2D eigenvalue weighted by Gasteiger charge is -2.23. The second-order valence-corrected chi connectivity index (χ2v) is 8.74. The van der Waals surface area contributed by atoms with Gasteiger partial charge in [0.05, 0.1) is 18.2 Å². The lowest BCUT2D eigenvalue weighted by atomic mass is 9.91. The first-order valence-electron chi connectivity index (χ1n) is 11.5. The zero-order valence-corrected chi connectivity index (χ0v) is 21.3. The highest BCUT2D eigenvalue weighted by Gasteiger charge is 2.35. The van der Waals surface area contributed by atoms with E-state index in [4.69, 9.17) is 4.74 Å². The van der Waals surface area contributed by atoms with Gasteiger partial charge in [-0.3, -0.25) is 0 Å². The molecule has 0 aliphatic carbocycles. The number of carboxylic acid groups (broad SMARTS) is 1. The van der Waals surface area contributed by atoms with Crippen molar-refractivity contribution in [1.29, 1.82) is 0 Å². The summed E-state index contributed by atoms with van der Waals surface area (Å²) in [5.74, 6) is -0.856. The van der Waals surface area contributed by atoms with Gasteiger partial charge in [-0.1, -0.05) is 42.5 Å². The smallest absolute Gasteiger partial charge is 0.417 e. The second kappa shape index (κ2) is 11.2. The van der Waals surface area contributed by atoms with Crippen molar-refractivity contribution < 1.29 is 27.8 Å². The summed E-state index contributed by atoms with van der Waals surface area (Å²) < 4.78 is 45.5. The third-order valence-corrected chi connectivity index (χ3v) is 6.34. The molecule has 0 fully saturated rings. The molecule has 0 radical (unpaired) electrons. The maximum Gasteiger partial charge on any atom is 0.417 e. The Morgan fingerprint density at radius 1 is 0.892 bits per heavy atom. The molecule has 0 saturated carbocycles. The number of carbonyl (C=O) groups is 1. The van der Waals surface area contributed by atoms with Crippen LogP contribution in [0.1, 0.15) is 53.0 Å². The van der Waals surface area contributed by atoms with Crippen LogP contribution in [0.15, 0.2) is 78.9 Å². The maximum absolute atomic E-state index is 13.4.